The van der Waals surface area contributed by atoms with Gasteiger partial charge in [0, 0.05) is 18.0 Å². The molecule has 1 aliphatic rings. The summed E-state index contributed by atoms with van der Waals surface area (Å²) >= 11 is 1.62. The highest BCUT2D eigenvalue weighted by atomic mass is 32.2. The lowest BCUT2D eigenvalue weighted by molar-refractivity contribution is -0.146. The second kappa shape index (κ2) is 8.41. The van der Waals surface area contributed by atoms with Gasteiger partial charge in [-0.3, -0.25) is 9.59 Å². The van der Waals surface area contributed by atoms with Gasteiger partial charge in [0.1, 0.15) is 0 Å². The van der Waals surface area contributed by atoms with Crippen molar-refractivity contribution in [1.29, 1.82) is 0 Å². The molecule has 0 radical (unpaired) electrons. The molecule has 0 aliphatic carbocycles. The summed E-state index contributed by atoms with van der Waals surface area (Å²) in [7, 11) is 1.38. The van der Waals surface area contributed by atoms with Crippen molar-refractivity contribution in [2.24, 2.45) is 5.92 Å². The summed E-state index contributed by atoms with van der Waals surface area (Å²) < 4.78 is 4.84. The zero-order valence-electron chi connectivity index (χ0n) is 15.1. The molecular formula is C21H23NO3S. The minimum Gasteiger partial charge on any atom is -0.469 e. The van der Waals surface area contributed by atoms with E-state index in [0.29, 0.717) is 13.1 Å². The van der Waals surface area contributed by atoms with Crippen molar-refractivity contribution in [2.45, 2.75) is 30.0 Å². The molecule has 26 heavy (non-hydrogen) atoms. The summed E-state index contributed by atoms with van der Waals surface area (Å²) in [6.07, 6.45) is 0.734. The van der Waals surface area contributed by atoms with Crippen LogP contribution >= 0.6 is 11.8 Å². The Labute approximate surface area is 158 Å². The van der Waals surface area contributed by atoms with Gasteiger partial charge in [0.2, 0.25) is 5.91 Å². The van der Waals surface area contributed by atoms with Crippen molar-refractivity contribution >= 4 is 23.6 Å². The third-order valence-corrected chi connectivity index (χ3v) is 5.85. The molecule has 0 saturated heterocycles. The first kappa shape index (κ1) is 18.5. The van der Waals surface area contributed by atoms with Crippen LogP contribution in [0.2, 0.25) is 0 Å². The van der Waals surface area contributed by atoms with Gasteiger partial charge in [-0.25, -0.2) is 0 Å². The molecule has 136 valence electrons. The molecule has 0 N–H and O–H groups in total. The third kappa shape index (κ3) is 4.28. The van der Waals surface area contributed by atoms with Crippen LogP contribution in [0.1, 0.15) is 18.1 Å². The standard InChI is InChI=1S/C21H23NO3S/c1-15(21(24)25-2)13-22(14-16-8-4-3-5-9-16)20(23)19-12-17-10-6-7-11-18(17)26-19/h3-11,15,19H,12-14H2,1-2H3. The Morgan fingerprint density at radius 1 is 1.15 bits per heavy atom. The topological polar surface area (TPSA) is 46.6 Å². The number of methoxy groups -OCH3 is 1. The molecule has 1 heterocycles. The normalized spacial score (nSPS) is 16.6. The molecule has 5 heteroatoms. The molecule has 1 amide bonds. The van der Waals surface area contributed by atoms with E-state index in [1.807, 2.05) is 42.5 Å². The predicted molar refractivity (Wildman–Crippen MR) is 103 cm³/mol. The van der Waals surface area contributed by atoms with Crippen LogP contribution in [0.5, 0.6) is 0 Å². The van der Waals surface area contributed by atoms with Gasteiger partial charge in [0.25, 0.3) is 0 Å². The van der Waals surface area contributed by atoms with E-state index in [0.717, 1.165) is 12.0 Å². The molecule has 2 unspecified atom stereocenters. The van der Waals surface area contributed by atoms with Gasteiger partial charge in [-0.1, -0.05) is 55.5 Å². The molecule has 2 atom stereocenters. The smallest absolute Gasteiger partial charge is 0.310 e. The second-order valence-electron chi connectivity index (χ2n) is 6.55. The number of nitrogens with zero attached hydrogens (tertiary/aromatic N) is 1. The highest BCUT2D eigenvalue weighted by Gasteiger charge is 2.32. The molecule has 0 saturated carbocycles. The Kier molecular flexibility index (Phi) is 5.99. The van der Waals surface area contributed by atoms with Gasteiger partial charge in [-0.15, -0.1) is 11.8 Å². The zero-order valence-corrected chi connectivity index (χ0v) is 15.9. The largest absolute Gasteiger partial charge is 0.469 e. The van der Waals surface area contributed by atoms with E-state index in [1.54, 1.807) is 23.6 Å². The van der Waals surface area contributed by atoms with E-state index in [4.69, 9.17) is 4.74 Å². The number of carbonyl (C=O) groups excluding carboxylic acids is 2. The van der Waals surface area contributed by atoms with E-state index >= 15 is 0 Å². The molecule has 1 aliphatic heterocycles. The summed E-state index contributed by atoms with van der Waals surface area (Å²) in [5, 5.41) is -0.138. The van der Waals surface area contributed by atoms with Crippen molar-refractivity contribution in [3.05, 3.63) is 65.7 Å². The van der Waals surface area contributed by atoms with E-state index in [9.17, 15) is 9.59 Å². The van der Waals surface area contributed by atoms with Gasteiger partial charge < -0.3 is 9.64 Å². The lowest BCUT2D eigenvalue weighted by Crippen LogP contribution is -2.41. The molecule has 2 aromatic carbocycles. The Morgan fingerprint density at radius 3 is 2.54 bits per heavy atom. The first-order valence-electron chi connectivity index (χ1n) is 8.73. The van der Waals surface area contributed by atoms with E-state index in [2.05, 4.69) is 12.1 Å². The fraction of sp³-hybridized carbons (Fsp3) is 0.333. The maximum Gasteiger partial charge on any atom is 0.310 e. The summed E-state index contributed by atoms with van der Waals surface area (Å²) in [5.74, 6) is -0.578. The fourth-order valence-electron chi connectivity index (χ4n) is 3.17. The molecular weight excluding hydrogens is 346 g/mol. The quantitative estimate of drug-likeness (QED) is 0.731. The number of rotatable bonds is 6. The predicted octanol–water partition coefficient (Wildman–Crippen LogP) is 3.54. The van der Waals surface area contributed by atoms with Crippen LogP contribution in [0.15, 0.2) is 59.5 Å². The third-order valence-electron chi connectivity index (χ3n) is 4.55. The summed E-state index contributed by atoms with van der Waals surface area (Å²) in [6, 6.07) is 18.0. The lowest BCUT2D eigenvalue weighted by atomic mass is 10.1. The minimum absolute atomic E-state index is 0.0748. The molecule has 4 nitrogen and oxygen atoms in total. The monoisotopic (exact) mass is 369 g/mol. The van der Waals surface area contributed by atoms with Crippen molar-refractivity contribution in [1.82, 2.24) is 4.90 Å². The van der Waals surface area contributed by atoms with Gasteiger partial charge in [0.15, 0.2) is 0 Å². The number of amides is 1. The summed E-state index contributed by atoms with van der Waals surface area (Å²) in [4.78, 5) is 28.0. The second-order valence-corrected chi connectivity index (χ2v) is 7.79. The molecule has 2 aromatic rings. The number of hydrogen-bond donors (Lipinski definition) is 0. The number of carbonyl (C=O) groups is 2. The first-order chi connectivity index (χ1) is 12.6. The molecule has 0 aromatic heterocycles. The molecule has 0 spiro atoms. The van der Waals surface area contributed by atoms with Crippen molar-refractivity contribution in [3.63, 3.8) is 0 Å². The van der Waals surface area contributed by atoms with E-state index < -0.39 is 0 Å². The number of fused-ring (bicyclic) bond motifs is 1. The Morgan fingerprint density at radius 2 is 1.85 bits per heavy atom. The van der Waals surface area contributed by atoms with Crippen LogP contribution in [-0.4, -0.2) is 35.7 Å². The molecule has 0 bridgehead atoms. The van der Waals surface area contributed by atoms with Crippen LogP contribution in [0, 0.1) is 5.92 Å². The average molecular weight is 369 g/mol. The van der Waals surface area contributed by atoms with Crippen LogP contribution < -0.4 is 0 Å². The number of benzene rings is 2. The van der Waals surface area contributed by atoms with Gasteiger partial charge >= 0.3 is 5.97 Å². The average Bonchev–Trinajstić information content (AvgIpc) is 3.11. The maximum atomic E-state index is 13.2. The van der Waals surface area contributed by atoms with Gasteiger partial charge in [-0.2, -0.15) is 0 Å². The van der Waals surface area contributed by atoms with Crippen molar-refractivity contribution < 1.29 is 14.3 Å². The van der Waals surface area contributed by atoms with Crippen LogP contribution in [0.25, 0.3) is 0 Å². The minimum atomic E-state index is -0.360. The van der Waals surface area contributed by atoms with Crippen LogP contribution in [0.4, 0.5) is 0 Å². The summed E-state index contributed by atoms with van der Waals surface area (Å²) in [6.45, 7) is 2.65. The van der Waals surface area contributed by atoms with Crippen molar-refractivity contribution in [2.75, 3.05) is 13.7 Å². The SMILES string of the molecule is COC(=O)C(C)CN(Cc1ccccc1)C(=O)C1Cc2ccccc2S1. The van der Waals surface area contributed by atoms with E-state index in [1.165, 1.54) is 17.6 Å². The van der Waals surface area contributed by atoms with Gasteiger partial charge in [0.05, 0.1) is 18.3 Å². The van der Waals surface area contributed by atoms with Crippen LogP contribution in [0.3, 0.4) is 0 Å². The molecule has 3 rings (SSSR count). The van der Waals surface area contributed by atoms with Crippen molar-refractivity contribution in [3.8, 4) is 0 Å². The van der Waals surface area contributed by atoms with Gasteiger partial charge in [-0.05, 0) is 23.6 Å². The Bertz CT molecular complexity index is 753. The highest BCUT2D eigenvalue weighted by molar-refractivity contribution is 8.01. The fourth-order valence-corrected chi connectivity index (χ4v) is 4.45. The zero-order chi connectivity index (χ0) is 18.5. The Hall–Kier alpha value is -2.27. The Balaban J connectivity index is 1.76. The number of hydrogen-bond acceptors (Lipinski definition) is 4. The highest BCUT2D eigenvalue weighted by Crippen LogP contribution is 2.37. The number of ether oxygens (including phenoxy) is 1. The lowest BCUT2D eigenvalue weighted by Gasteiger charge is -2.27. The maximum absolute atomic E-state index is 13.2. The number of thioether (sulfide) groups is 1. The molecule has 0 fully saturated rings. The van der Waals surface area contributed by atoms with E-state index in [-0.39, 0.29) is 23.0 Å². The number of esters is 1. The first-order valence-corrected chi connectivity index (χ1v) is 9.61. The van der Waals surface area contributed by atoms with Crippen LogP contribution in [-0.2, 0) is 27.3 Å². The summed E-state index contributed by atoms with van der Waals surface area (Å²) in [5.41, 5.74) is 2.27.